The Morgan fingerprint density at radius 2 is 1.68 bits per heavy atom. The Kier molecular flexibility index (Phi) is 3.79. The van der Waals surface area contributed by atoms with Crippen LogP contribution in [-0.2, 0) is 10.2 Å². The summed E-state index contributed by atoms with van der Waals surface area (Å²) in [6, 6.07) is 15.3. The van der Waals surface area contributed by atoms with Crippen LogP contribution in [0.1, 0.15) is 41.0 Å². The summed E-state index contributed by atoms with van der Waals surface area (Å²) in [4.78, 5) is 30.4. The van der Waals surface area contributed by atoms with Gasteiger partial charge in [0.25, 0.3) is 11.8 Å². The Bertz CT molecular complexity index is 815. The second-order valence-electron chi connectivity index (χ2n) is 6.82. The van der Waals surface area contributed by atoms with Crippen molar-refractivity contribution < 1.29 is 9.59 Å². The Morgan fingerprint density at radius 3 is 2.36 bits per heavy atom. The van der Waals surface area contributed by atoms with Gasteiger partial charge in [-0.15, -0.1) is 0 Å². The van der Waals surface area contributed by atoms with E-state index in [1.54, 1.807) is 16.1 Å². The summed E-state index contributed by atoms with van der Waals surface area (Å²) < 4.78 is 0. The number of amides is 2. The highest BCUT2D eigenvalue weighted by Crippen LogP contribution is 2.50. The fourth-order valence-electron chi connectivity index (χ4n) is 3.58. The van der Waals surface area contributed by atoms with Crippen molar-refractivity contribution in [2.24, 2.45) is 0 Å². The van der Waals surface area contributed by atoms with Gasteiger partial charge in [-0.3, -0.25) is 14.6 Å². The summed E-state index contributed by atoms with van der Waals surface area (Å²) in [7, 11) is 0. The number of rotatable bonds is 3. The smallest absolute Gasteiger partial charge is 0.272 e. The van der Waals surface area contributed by atoms with Crippen molar-refractivity contribution in [3.8, 4) is 0 Å². The van der Waals surface area contributed by atoms with Crippen LogP contribution in [0.3, 0.4) is 0 Å². The zero-order valence-corrected chi connectivity index (χ0v) is 14.3. The summed E-state index contributed by atoms with van der Waals surface area (Å²) in [5, 5.41) is 3.22. The predicted octanol–water partition coefficient (Wildman–Crippen LogP) is 2.71. The van der Waals surface area contributed by atoms with E-state index in [9.17, 15) is 9.59 Å². The highest BCUT2D eigenvalue weighted by Gasteiger charge is 2.54. The van der Waals surface area contributed by atoms with Gasteiger partial charge in [0, 0.05) is 18.8 Å². The first-order chi connectivity index (χ1) is 12.1. The van der Waals surface area contributed by atoms with E-state index in [4.69, 9.17) is 0 Å². The number of hydrogen-bond acceptors (Lipinski definition) is 3. The molecule has 1 saturated carbocycles. The fraction of sp³-hybridized carbons (Fsp3) is 0.350. The lowest BCUT2D eigenvalue weighted by atomic mass is 9.95. The zero-order chi connectivity index (χ0) is 17.4. The minimum absolute atomic E-state index is 0.0391. The van der Waals surface area contributed by atoms with Crippen LogP contribution in [0.4, 0.5) is 0 Å². The molecule has 2 fully saturated rings. The summed E-state index contributed by atoms with van der Waals surface area (Å²) in [6.45, 7) is 3.01. The molecular weight excluding hydrogens is 314 g/mol. The first kappa shape index (κ1) is 15.8. The maximum absolute atomic E-state index is 13.3. The van der Waals surface area contributed by atoms with Gasteiger partial charge in [-0.2, -0.15) is 0 Å². The molecule has 1 aromatic carbocycles. The molecule has 0 unspecified atom stereocenters. The van der Waals surface area contributed by atoms with E-state index >= 15 is 0 Å². The van der Waals surface area contributed by atoms with Crippen LogP contribution in [-0.4, -0.2) is 39.9 Å². The maximum Gasteiger partial charge on any atom is 0.291 e. The molecule has 0 bridgehead atoms. The van der Waals surface area contributed by atoms with Crippen LogP contribution < -0.4 is 0 Å². The molecule has 1 aromatic heterocycles. The van der Waals surface area contributed by atoms with Crippen molar-refractivity contribution in [2.75, 3.05) is 13.1 Å². The first-order valence-corrected chi connectivity index (χ1v) is 8.75. The zero-order valence-electron chi connectivity index (χ0n) is 14.3. The maximum atomic E-state index is 13.3. The van der Waals surface area contributed by atoms with Crippen LogP contribution in [0.2, 0.25) is 0 Å². The van der Waals surface area contributed by atoms with Crippen LogP contribution in [0.25, 0.3) is 0 Å². The summed E-state index contributed by atoms with van der Waals surface area (Å²) in [5.74, 6) is -0.157. The average Bonchev–Trinajstić information content (AvgIpc) is 3.31. The van der Waals surface area contributed by atoms with Gasteiger partial charge in [0.05, 0.1) is 5.41 Å². The minimum Gasteiger partial charge on any atom is -0.272 e. The molecule has 2 amide bonds. The number of aryl methyl sites for hydroxylation is 1. The van der Waals surface area contributed by atoms with E-state index in [0.29, 0.717) is 18.8 Å². The van der Waals surface area contributed by atoms with Crippen molar-refractivity contribution in [1.29, 1.82) is 0 Å². The molecule has 1 aliphatic heterocycles. The topological polar surface area (TPSA) is 53.5 Å². The Morgan fingerprint density at radius 1 is 0.960 bits per heavy atom. The van der Waals surface area contributed by atoms with Gasteiger partial charge < -0.3 is 0 Å². The van der Waals surface area contributed by atoms with E-state index in [1.165, 1.54) is 0 Å². The van der Waals surface area contributed by atoms with E-state index in [2.05, 4.69) is 4.98 Å². The van der Waals surface area contributed by atoms with Gasteiger partial charge in [-0.1, -0.05) is 36.4 Å². The molecule has 0 N–H and O–H groups in total. The molecule has 1 saturated heterocycles. The molecule has 0 spiro atoms. The molecule has 25 heavy (non-hydrogen) atoms. The summed E-state index contributed by atoms with van der Waals surface area (Å²) >= 11 is 0. The number of nitrogens with zero attached hydrogens (tertiary/aromatic N) is 3. The Hall–Kier alpha value is -2.69. The molecule has 2 heterocycles. The lowest BCUT2D eigenvalue weighted by molar-refractivity contribution is -0.143. The van der Waals surface area contributed by atoms with Crippen LogP contribution in [0, 0.1) is 6.92 Å². The Balaban J connectivity index is 1.60. The summed E-state index contributed by atoms with van der Waals surface area (Å²) in [5.41, 5.74) is 1.78. The lowest BCUT2D eigenvalue weighted by Crippen LogP contribution is -2.49. The first-order valence-electron chi connectivity index (χ1n) is 8.75. The van der Waals surface area contributed by atoms with E-state index in [1.807, 2.05) is 49.4 Å². The van der Waals surface area contributed by atoms with Crippen molar-refractivity contribution in [3.63, 3.8) is 0 Å². The van der Waals surface area contributed by atoms with Gasteiger partial charge in [-0.25, -0.2) is 9.99 Å². The second kappa shape index (κ2) is 5.99. The molecule has 4 rings (SSSR count). The summed E-state index contributed by atoms with van der Waals surface area (Å²) in [6.07, 6.45) is 2.49. The second-order valence-corrected chi connectivity index (χ2v) is 6.82. The molecule has 2 aromatic rings. The van der Waals surface area contributed by atoms with Gasteiger partial charge in [0.2, 0.25) is 0 Å². The third kappa shape index (κ3) is 2.69. The van der Waals surface area contributed by atoms with Gasteiger partial charge in [-0.05, 0) is 43.9 Å². The molecule has 0 radical (unpaired) electrons. The highest BCUT2D eigenvalue weighted by molar-refractivity contribution is 5.97. The fourth-order valence-corrected chi connectivity index (χ4v) is 3.58. The van der Waals surface area contributed by atoms with Crippen LogP contribution in [0.5, 0.6) is 0 Å². The SMILES string of the molecule is Cc1cccc(C(=O)N2CCCN2C(=O)C2(c3ccccc3)CC2)n1. The van der Waals surface area contributed by atoms with Crippen LogP contribution >= 0.6 is 0 Å². The number of hydrazine groups is 1. The highest BCUT2D eigenvalue weighted by atomic mass is 16.2. The van der Waals surface area contributed by atoms with Gasteiger partial charge in [0.1, 0.15) is 5.69 Å². The standard InChI is InChI=1S/C20H21N3O2/c1-15-7-5-10-17(21-15)18(24)22-13-6-14-23(22)19(25)20(11-12-20)16-8-3-2-4-9-16/h2-5,7-10H,6,11-14H2,1H3. The minimum atomic E-state index is -0.454. The number of carbonyl (C=O) groups excluding carboxylic acids is 2. The van der Waals surface area contributed by atoms with Crippen molar-refractivity contribution >= 4 is 11.8 Å². The van der Waals surface area contributed by atoms with Crippen molar-refractivity contribution in [3.05, 3.63) is 65.5 Å². The van der Waals surface area contributed by atoms with Crippen molar-refractivity contribution in [1.82, 2.24) is 15.0 Å². The van der Waals surface area contributed by atoms with Gasteiger partial charge in [0.15, 0.2) is 0 Å². The number of aromatic nitrogens is 1. The largest absolute Gasteiger partial charge is 0.291 e. The Labute approximate surface area is 147 Å². The van der Waals surface area contributed by atoms with E-state index in [0.717, 1.165) is 30.5 Å². The van der Waals surface area contributed by atoms with E-state index < -0.39 is 5.41 Å². The molecule has 1 aliphatic carbocycles. The number of hydrogen-bond donors (Lipinski definition) is 0. The van der Waals surface area contributed by atoms with Crippen molar-refractivity contribution in [2.45, 2.75) is 31.6 Å². The molecule has 5 nitrogen and oxygen atoms in total. The predicted molar refractivity (Wildman–Crippen MR) is 93.7 cm³/mol. The monoisotopic (exact) mass is 335 g/mol. The number of pyridine rings is 1. The molecular formula is C20H21N3O2. The third-order valence-electron chi connectivity index (χ3n) is 5.09. The third-order valence-corrected chi connectivity index (χ3v) is 5.09. The molecule has 0 atom stereocenters. The van der Waals surface area contributed by atoms with Gasteiger partial charge >= 0.3 is 0 Å². The molecule has 128 valence electrons. The average molecular weight is 335 g/mol. The molecule has 2 aliphatic rings. The number of benzene rings is 1. The number of carbonyl (C=O) groups is 2. The quantitative estimate of drug-likeness (QED) is 0.867. The normalized spacial score (nSPS) is 18.3. The molecule has 5 heteroatoms. The van der Waals surface area contributed by atoms with Crippen LogP contribution in [0.15, 0.2) is 48.5 Å². The van der Waals surface area contributed by atoms with E-state index in [-0.39, 0.29) is 11.8 Å². The lowest BCUT2D eigenvalue weighted by Gasteiger charge is -2.31.